The van der Waals surface area contributed by atoms with Crippen LogP contribution in [0.2, 0.25) is 0 Å². The fourth-order valence-electron chi connectivity index (χ4n) is 2.38. The molecule has 1 aliphatic carbocycles. The number of nitrogens with zero attached hydrogens (tertiary/aromatic N) is 2. The lowest BCUT2D eigenvalue weighted by atomic mass is 9.96. The number of amides is 1. The molecular formula is C13H26N3O5PS3. The third kappa shape index (κ3) is 6.20. The van der Waals surface area contributed by atoms with Crippen LogP contribution in [0.25, 0.3) is 0 Å². The topological polar surface area (TPSA) is 80.3 Å². The molecule has 0 saturated heterocycles. The van der Waals surface area contributed by atoms with Gasteiger partial charge in [-0.05, 0) is 31.1 Å². The first-order valence-corrected chi connectivity index (χ1v) is 12.0. The van der Waals surface area contributed by atoms with Crippen molar-refractivity contribution in [2.24, 2.45) is 0 Å². The van der Waals surface area contributed by atoms with Gasteiger partial charge >= 0.3 is 6.09 Å². The maximum atomic E-state index is 13.1. The van der Waals surface area contributed by atoms with Gasteiger partial charge in [0.05, 0.1) is 0 Å². The maximum absolute atomic E-state index is 13.1. The van der Waals surface area contributed by atoms with E-state index in [9.17, 15) is 9.00 Å². The summed E-state index contributed by atoms with van der Waals surface area (Å²) in [6, 6.07) is -0.0831. The first kappa shape index (κ1) is 22.9. The lowest BCUT2D eigenvalue weighted by Crippen LogP contribution is -2.45. The second-order valence-corrected chi connectivity index (χ2v) is 11.1. The van der Waals surface area contributed by atoms with E-state index >= 15 is 0 Å². The summed E-state index contributed by atoms with van der Waals surface area (Å²) in [4.78, 5) is 17.4. The summed E-state index contributed by atoms with van der Waals surface area (Å²) in [5.74, 6) is 0. The zero-order valence-electron chi connectivity index (χ0n) is 14.9. The quantitative estimate of drug-likeness (QED) is 0.374. The predicted molar refractivity (Wildman–Crippen MR) is 105 cm³/mol. The number of carbonyl (C=O) groups is 1. The van der Waals surface area contributed by atoms with Crippen LogP contribution in [-0.4, -0.2) is 51.0 Å². The Hall–Kier alpha value is -0.160. The van der Waals surface area contributed by atoms with Gasteiger partial charge in [-0.2, -0.15) is 0 Å². The van der Waals surface area contributed by atoms with Gasteiger partial charge in [0.15, 0.2) is 0 Å². The van der Waals surface area contributed by atoms with Gasteiger partial charge in [0.25, 0.3) is 6.64 Å². The summed E-state index contributed by atoms with van der Waals surface area (Å²) in [7, 11) is 4.23. The Morgan fingerprint density at radius 3 is 2.32 bits per heavy atom. The molecule has 1 rings (SSSR count). The second-order valence-electron chi connectivity index (χ2n) is 5.40. The molecule has 0 aromatic heterocycles. The summed E-state index contributed by atoms with van der Waals surface area (Å²) in [6.45, 7) is -1.16. The molecule has 0 radical (unpaired) electrons. The average Bonchev–Trinajstić information content (AvgIpc) is 2.65. The molecule has 0 aromatic carbocycles. The standard InChI is InChI=1S/C13H26N3O5PS3/c1-5-12(23)14-21-13(17)15(2)25(18)16(22(24,19-3)20-4)11-9-7-6-8-10-11/h11H,5-10H2,1-4H3,(H,14,23). The van der Waals surface area contributed by atoms with Gasteiger partial charge in [0.2, 0.25) is 11.2 Å². The summed E-state index contributed by atoms with van der Waals surface area (Å²) in [5.41, 5.74) is 2.36. The zero-order valence-corrected chi connectivity index (χ0v) is 18.3. The van der Waals surface area contributed by atoms with E-state index in [0.717, 1.165) is 36.4 Å². The predicted octanol–water partition coefficient (Wildman–Crippen LogP) is 3.03. The van der Waals surface area contributed by atoms with Crippen molar-refractivity contribution in [3.8, 4) is 0 Å². The number of thiocarbonyl (C=S) groups is 1. The van der Waals surface area contributed by atoms with Crippen LogP contribution < -0.4 is 5.48 Å². The molecule has 25 heavy (non-hydrogen) atoms. The van der Waals surface area contributed by atoms with Gasteiger partial charge in [-0.3, -0.25) is 0 Å². The third-order valence-electron chi connectivity index (χ3n) is 3.81. The lowest BCUT2D eigenvalue weighted by molar-refractivity contribution is 0.105. The highest BCUT2D eigenvalue weighted by molar-refractivity contribution is 8.12. The van der Waals surface area contributed by atoms with E-state index in [1.54, 1.807) is 0 Å². The molecule has 1 N–H and O–H groups in total. The number of hydrogen-bond donors (Lipinski definition) is 1. The lowest BCUT2D eigenvalue weighted by Gasteiger charge is -2.39. The van der Waals surface area contributed by atoms with Crippen molar-refractivity contribution in [1.29, 1.82) is 0 Å². The van der Waals surface area contributed by atoms with Crippen molar-refractivity contribution in [1.82, 2.24) is 13.9 Å². The van der Waals surface area contributed by atoms with E-state index in [0.29, 0.717) is 11.4 Å². The number of nitrogens with one attached hydrogen (secondary N) is 1. The van der Waals surface area contributed by atoms with Crippen molar-refractivity contribution < 1.29 is 22.9 Å². The Bertz CT molecular complexity index is 537. The van der Waals surface area contributed by atoms with Gasteiger partial charge in [0, 0.05) is 27.3 Å². The summed E-state index contributed by atoms with van der Waals surface area (Å²) < 4.78 is 26.3. The summed E-state index contributed by atoms with van der Waals surface area (Å²) in [6.07, 6.45) is 4.45. The largest absolute Gasteiger partial charge is 0.446 e. The van der Waals surface area contributed by atoms with E-state index in [2.05, 4.69) is 5.48 Å². The number of hydroxylamine groups is 1. The molecule has 0 bridgehead atoms. The third-order valence-corrected chi connectivity index (χ3v) is 9.95. The first-order valence-electron chi connectivity index (χ1n) is 7.97. The molecule has 12 heteroatoms. The van der Waals surface area contributed by atoms with Crippen LogP contribution in [-0.2, 0) is 36.9 Å². The van der Waals surface area contributed by atoms with Crippen LogP contribution in [0.3, 0.4) is 0 Å². The van der Waals surface area contributed by atoms with E-state index in [-0.39, 0.29) is 6.04 Å². The van der Waals surface area contributed by atoms with Gasteiger partial charge in [-0.15, -0.1) is 4.08 Å². The molecule has 1 saturated carbocycles. The minimum absolute atomic E-state index is 0.0831. The number of hydrogen-bond acceptors (Lipinski definition) is 7. The van der Waals surface area contributed by atoms with Crippen molar-refractivity contribution in [2.75, 3.05) is 21.3 Å². The Morgan fingerprint density at radius 2 is 1.84 bits per heavy atom. The molecule has 146 valence electrons. The van der Waals surface area contributed by atoms with E-state index in [1.165, 1.54) is 25.3 Å². The Balaban J connectivity index is 2.96. The molecule has 1 atom stereocenters. The van der Waals surface area contributed by atoms with E-state index in [4.69, 9.17) is 37.9 Å². The maximum Gasteiger partial charge on any atom is 0.446 e. The molecule has 0 aromatic rings. The molecule has 1 unspecified atom stereocenters. The van der Waals surface area contributed by atoms with E-state index < -0.39 is 23.9 Å². The van der Waals surface area contributed by atoms with Crippen molar-refractivity contribution in [3.63, 3.8) is 0 Å². The van der Waals surface area contributed by atoms with Crippen LogP contribution in [0, 0.1) is 0 Å². The molecule has 0 heterocycles. The number of rotatable bonds is 7. The van der Waals surface area contributed by atoms with Crippen LogP contribution >= 0.6 is 18.9 Å². The first-order chi connectivity index (χ1) is 11.8. The Kier molecular flexibility index (Phi) is 9.94. The summed E-state index contributed by atoms with van der Waals surface area (Å²) in [5, 5.41) is 0. The second kappa shape index (κ2) is 10.9. The molecular weight excluding hydrogens is 405 g/mol. The van der Waals surface area contributed by atoms with Gasteiger partial charge in [0.1, 0.15) is 4.99 Å². The molecule has 1 fully saturated rings. The van der Waals surface area contributed by atoms with Crippen LogP contribution in [0.1, 0.15) is 45.4 Å². The van der Waals surface area contributed by atoms with Crippen LogP contribution in [0.5, 0.6) is 0 Å². The van der Waals surface area contributed by atoms with Crippen LogP contribution in [0.15, 0.2) is 0 Å². The number of carbonyl (C=O) groups excluding carboxylic acids is 1. The molecule has 1 aliphatic rings. The monoisotopic (exact) mass is 431 g/mol. The summed E-state index contributed by atoms with van der Waals surface area (Å²) >= 11 is 8.52. The van der Waals surface area contributed by atoms with Crippen molar-refractivity contribution in [2.45, 2.75) is 51.5 Å². The Labute approximate surface area is 162 Å². The minimum Gasteiger partial charge on any atom is -0.323 e. The molecule has 0 aliphatic heterocycles. The highest BCUT2D eigenvalue weighted by atomic mass is 32.5. The van der Waals surface area contributed by atoms with Crippen LogP contribution in [0.4, 0.5) is 4.79 Å². The average molecular weight is 432 g/mol. The SMILES string of the molecule is CCC(=S)NOC(=O)N(C)S(=O)N(C1CCCCC1)P(=S)(OC)OC. The molecule has 8 nitrogen and oxygen atoms in total. The van der Waals surface area contributed by atoms with E-state index in [1.807, 2.05) is 6.92 Å². The van der Waals surface area contributed by atoms with Crippen molar-refractivity contribution >= 4 is 52.9 Å². The van der Waals surface area contributed by atoms with Gasteiger partial charge in [-0.25, -0.2) is 18.8 Å². The highest BCUT2D eigenvalue weighted by Crippen LogP contribution is 2.55. The minimum atomic E-state index is -2.98. The Morgan fingerprint density at radius 1 is 1.28 bits per heavy atom. The van der Waals surface area contributed by atoms with Gasteiger partial charge < -0.3 is 13.9 Å². The fourth-order valence-corrected chi connectivity index (χ4v) is 6.73. The zero-order chi connectivity index (χ0) is 19.0. The smallest absolute Gasteiger partial charge is 0.323 e. The molecule has 1 amide bonds. The van der Waals surface area contributed by atoms with Gasteiger partial charge in [-0.1, -0.05) is 38.4 Å². The fraction of sp³-hybridized carbons (Fsp3) is 0.846. The molecule has 0 spiro atoms. The van der Waals surface area contributed by atoms with Crippen molar-refractivity contribution in [3.05, 3.63) is 0 Å². The normalized spacial score (nSPS) is 17.2. The highest BCUT2D eigenvalue weighted by Gasteiger charge is 2.41.